The molecule has 0 aliphatic carbocycles. The highest BCUT2D eigenvalue weighted by molar-refractivity contribution is 5.47. The van der Waals surface area contributed by atoms with Crippen LogP contribution in [-0.2, 0) is 6.54 Å². The van der Waals surface area contributed by atoms with Crippen LogP contribution in [0, 0.1) is 12.3 Å². The second-order valence-electron chi connectivity index (χ2n) is 6.13. The minimum Gasteiger partial charge on any atom is -0.399 e. The molecule has 0 saturated carbocycles. The third-order valence-corrected chi connectivity index (χ3v) is 3.95. The Hall–Kier alpha value is -1.02. The van der Waals surface area contributed by atoms with Crippen molar-refractivity contribution in [2.24, 2.45) is 5.41 Å². The Balaban J connectivity index is 1.95. The van der Waals surface area contributed by atoms with Crippen LogP contribution in [0.3, 0.4) is 0 Å². The molecule has 1 heterocycles. The molecular formula is C15H24N2. The number of nitrogens with two attached hydrogens (primary N) is 1. The maximum Gasteiger partial charge on any atom is 0.0343 e. The average Bonchev–Trinajstić information content (AvgIpc) is 2.27. The van der Waals surface area contributed by atoms with E-state index >= 15 is 0 Å². The number of piperidine rings is 1. The maximum atomic E-state index is 5.84. The van der Waals surface area contributed by atoms with Gasteiger partial charge in [-0.2, -0.15) is 0 Å². The number of nitrogen functional groups attached to an aromatic ring is 1. The van der Waals surface area contributed by atoms with Crippen LogP contribution in [0.2, 0.25) is 0 Å². The molecule has 1 aliphatic rings. The van der Waals surface area contributed by atoms with Crippen molar-refractivity contribution in [2.45, 2.75) is 40.2 Å². The number of nitrogens with zero attached hydrogens (tertiary/aromatic N) is 1. The van der Waals surface area contributed by atoms with Gasteiger partial charge in [-0.05, 0) is 55.5 Å². The summed E-state index contributed by atoms with van der Waals surface area (Å²) in [5.41, 5.74) is 9.86. The molecule has 1 aromatic carbocycles. The van der Waals surface area contributed by atoms with E-state index in [2.05, 4.69) is 37.8 Å². The standard InChI is InChI=1S/C15H24N2/c1-12-10-13(4-5-14(12)16)11-17-8-6-15(2,3)7-9-17/h4-5,10H,6-9,11,16H2,1-3H3. The predicted octanol–water partition coefficient (Wildman–Crippen LogP) is 3.20. The molecule has 0 bridgehead atoms. The lowest BCUT2D eigenvalue weighted by Gasteiger charge is -2.37. The molecule has 2 heteroatoms. The molecule has 1 aliphatic heterocycles. The van der Waals surface area contributed by atoms with Gasteiger partial charge < -0.3 is 5.73 Å². The molecule has 0 amide bonds. The fourth-order valence-corrected chi connectivity index (χ4v) is 2.41. The quantitative estimate of drug-likeness (QED) is 0.793. The lowest BCUT2D eigenvalue weighted by atomic mass is 9.82. The number of rotatable bonds is 2. The highest BCUT2D eigenvalue weighted by Crippen LogP contribution is 2.30. The third kappa shape index (κ3) is 3.22. The van der Waals surface area contributed by atoms with E-state index in [1.807, 2.05) is 6.07 Å². The van der Waals surface area contributed by atoms with Gasteiger partial charge in [0.1, 0.15) is 0 Å². The first kappa shape index (κ1) is 12.4. The molecule has 2 N–H and O–H groups in total. The van der Waals surface area contributed by atoms with Gasteiger partial charge in [0.15, 0.2) is 0 Å². The molecule has 1 saturated heterocycles. The molecule has 0 aromatic heterocycles. The first-order valence-electron chi connectivity index (χ1n) is 6.54. The van der Waals surface area contributed by atoms with Crippen LogP contribution in [0.5, 0.6) is 0 Å². The monoisotopic (exact) mass is 232 g/mol. The maximum absolute atomic E-state index is 5.84. The second-order valence-corrected chi connectivity index (χ2v) is 6.13. The molecule has 94 valence electrons. The molecular weight excluding hydrogens is 208 g/mol. The number of aryl methyl sites for hydroxylation is 1. The van der Waals surface area contributed by atoms with E-state index in [1.54, 1.807) is 0 Å². The molecule has 17 heavy (non-hydrogen) atoms. The first-order valence-corrected chi connectivity index (χ1v) is 6.54. The summed E-state index contributed by atoms with van der Waals surface area (Å²) in [6.07, 6.45) is 2.61. The van der Waals surface area contributed by atoms with E-state index in [4.69, 9.17) is 5.73 Å². The van der Waals surface area contributed by atoms with Gasteiger partial charge in [-0.25, -0.2) is 0 Å². The summed E-state index contributed by atoms with van der Waals surface area (Å²) in [6, 6.07) is 6.40. The minimum atomic E-state index is 0.535. The van der Waals surface area contributed by atoms with Crippen LogP contribution in [0.1, 0.15) is 37.8 Å². The van der Waals surface area contributed by atoms with Gasteiger partial charge in [0.05, 0.1) is 0 Å². The van der Waals surface area contributed by atoms with Crippen molar-refractivity contribution in [1.82, 2.24) is 4.90 Å². The van der Waals surface area contributed by atoms with E-state index < -0.39 is 0 Å². The number of anilines is 1. The summed E-state index contributed by atoms with van der Waals surface area (Å²) in [5, 5.41) is 0. The largest absolute Gasteiger partial charge is 0.399 e. The fraction of sp³-hybridized carbons (Fsp3) is 0.600. The topological polar surface area (TPSA) is 29.3 Å². The molecule has 1 fully saturated rings. The number of hydrogen-bond acceptors (Lipinski definition) is 2. The van der Waals surface area contributed by atoms with E-state index in [-0.39, 0.29) is 0 Å². The Kier molecular flexibility index (Phi) is 3.43. The second kappa shape index (κ2) is 4.69. The fourth-order valence-electron chi connectivity index (χ4n) is 2.41. The van der Waals surface area contributed by atoms with Crippen molar-refractivity contribution in [2.75, 3.05) is 18.8 Å². The molecule has 2 rings (SSSR count). The van der Waals surface area contributed by atoms with Gasteiger partial charge in [-0.15, -0.1) is 0 Å². The van der Waals surface area contributed by atoms with Crippen molar-refractivity contribution in [3.05, 3.63) is 29.3 Å². The van der Waals surface area contributed by atoms with E-state index in [1.165, 1.54) is 37.1 Å². The summed E-state index contributed by atoms with van der Waals surface area (Å²) in [6.45, 7) is 10.3. The average molecular weight is 232 g/mol. The Bertz CT molecular complexity index is 386. The Labute approximate surface area is 105 Å². The Morgan fingerprint density at radius 1 is 1.24 bits per heavy atom. The predicted molar refractivity (Wildman–Crippen MR) is 73.9 cm³/mol. The normalized spacial score (nSPS) is 20.4. The number of hydrogen-bond donors (Lipinski definition) is 1. The summed E-state index contributed by atoms with van der Waals surface area (Å²) >= 11 is 0. The summed E-state index contributed by atoms with van der Waals surface area (Å²) in [4.78, 5) is 2.55. The van der Waals surface area contributed by atoms with Gasteiger partial charge in [0.2, 0.25) is 0 Å². The van der Waals surface area contributed by atoms with Crippen LogP contribution in [0.15, 0.2) is 18.2 Å². The van der Waals surface area contributed by atoms with Crippen LogP contribution in [0.4, 0.5) is 5.69 Å². The van der Waals surface area contributed by atoms with Crippen LogP contribution >= 0.6 is 0 Å². The molecule has 2 nitrogen and oxygen atoms in total. The minimum absolute atomic E-state index is 0.535. The van der Waals surface area contributed by atoms with Crippen LogP contribution < -0.4 is 5.73 Å². The lowest BCUT2D eigenvalue weighted by Crippen LogP contribution is -2.36. The highest BCUT2D eigenvalue weighted by Gasteiger charge is 2.25. The van der Waals surface area contributed by atoms with Crippen molar-refractivity contribution < 1.29 is 0 Å². The zero-order valence-corrected chi connectivity index (χ0v) is 11.3. The Morgan fingerprint density at radius 2 is 1.88 bits per heavy atom. The van der Waals surface area contributed by atoms with Crippen molar-refractivity contribution in [3.8, 4) is 0 Å². The SMILES string of the molecule is Cc1cc(CN2CCC(C)(C)CC2)ccc1N. The zero-order chi connectivity index (χ0) is 12.5. The molecule has 0 radical (unpaired) electrons. The Morgan fingerprint density at radius 3 is 2.47 bits per heavy atom. The van der Waals surface area contributed by atoms with E-state index in [0.717, 1.165) is 12.2 Å². The number of likely N-dealkylation sites (tertiary alicyclic amines) is 1. The molecule has 1 aromatic rings. The van der Waals surface area contributed by atoms with Gasteiger partial charge in [-0.1, -0.05) is 26.0 Å². The van der Waals surface area contributed by atoms with E-state index in [0.29, 0.717) is 5.41 Å². The van der Waals surface area contributed by atoms with Gasteiger partial charge in [0.25, 0.3) is 0 Å². The van der Waals surface area contributed by atoms with Gasteiger partial charge in [-0.3, -0.25) is 4.90 Å². The first-order chi connectivity index (χ1) is 7.96. The smallest absolute Gasteiger partial charge is 0.0343 e. The summed E-state index contributed by atoms with van der Waals surface area (Å²) in [7, 11) is 0. The van der Waals surface area contributed by atoms with Gasteiger partial charge in [0, 0.05) is 12.2 Å². The summed E-state index contributed by atoms with van der Waals surface area (Å²) < 4.78 is 0. The molecule has 0 atom stereocenters. The molecule has 0 spiro atoms. The highest BCUT2D eigenvalue weighted by atomic mass is 15.1. The van der Waals surface area contributed by atoms with Crippen molar-refractivity contribution in [1.29, 1.82) is 0 Å². The summed E-state index contributed by atoms with van der Waals surface area (Å²) in [5.74, 6) is 0. The van der Waals surface area contributed by atoms with Crippen molar-refractivity contribution in [3.63, 3.8) is 0 Å². The molecule has 0 unspecified atom stereocenters. The number of benzene rings is 1. The van der Waals surface area contributed by atoms with Crippen LogP contribution in [-0.4, -0.2) is 18.0 Å². The lowest BCUT2D eigenvalue weighted by molar-refractivity contribution is 0.127. The zero-order valence-electron chi connectivity index (χ0n) is 11.3. The third-order valence-electron chi connectivity index (χ3n) is 3.95. The van der Waals surface area contributed by atoms with Crippen LogP contribution in [0.25, 0.3) is 0 Å². The van der Waals surface area contributed by atoms with E-state index in [9.17, 15) is 0 Å². The van der Waals surface area contributed by atoms with Crippen molar-refractivity contribution >= 4 is 5.69 Å². The van der Waals surface area contributed by atoms with Gasteiger partial charge >= 0.3 is 0 Å².